The van der Waals surface area contributed by atoms with Crippen LogP contribution in [0.4, 0.5) is 11.4 Å². The molecule has 0 radical (unpaired) electrons. The summed E-state index contributed by atoms with van der Waals surface area (Å²) in [6, 6.07) is 10.7. The Labute approximate surface area is 161 Å². The summed E-state index contributed by atoms with van der Waals surface area (Å²) < 4.78 is 1.36. The highest BCUT2D eigenvalue weighted by Gasteiger charge is 2.19. The van der Waals surface area contributed by atoms with Crippen LogP contribution in [0, 0.1) is 0 Å². The summed E-state index contributed by atoms with van der Waals surface area (Å²) in [6.45, 7) is 1.87. The maximum absolute atomic E-state index is 12.8. The van der Waals surface area contributed by atoms with Gasteiger partial charge in [-0.2, -0.15) is 0 Å². The molecule has 6 nitrogen and oxygen atoms in total. The second-order valence-electron chi connectivity index (χ2n) is 6.57. The van der Waals surface area contributed by atoms with Gasteiger partial charge in [0.25, 0.3) is 11.5 Å². The number of rotatable bonds is 3. The van der Waals surface area contributed by atoms with Crippen molar-refractivity contribution in [3.8, 4) is 0 Å². The molecular weight excluding hydrogens is 364 g/mol. The molecule has 1 fully saturated rings. The number of fused-ring (bicyclic) bond motifs is 1. The van der Waals surface area contributed by atoms with Crippen LogP contribution in [0.25, 0.3) is 5.65 Å². The maximum Gasteiger partial charge on any atom is 0.270 e. The van der Waals surface area contributed by atoms with Gasteiger partial charge in [0.05, 0.1) is 11.4 Å². The molecule has 3 aromatic rings. The van der Waals surface area contributed by atoms with Crippen LogP contribution < -0.4 is 15.8 Å². The van der Waals surface area contributed by atoms with Crippen LogP contribution >= 0.6 is 11.6 Å². The number of benzene rings is 1. The summed E-state index contributed by atoms with van der Waals surface area (Å²) >= 11 is 6.15. The number of hydrogen-bond acceptors (Lipinski definition) is 4. The van der Waals surface area contributed by atoms with E-state index in [9.17, 15) is 9.59 Å². The van der Waals surface area contributed by atoms with E-state index < -0.39 is 11.5 Å². The summed E-state index contributed by atoms with van der Waals surface area (Å²) in [4.78, 5) is 31.9. The van der Waals surface area contributed by atoms with E-state index in [1.807, 2.05) is 12.1 Å². The van der Waals surface area contributed by atoms with Gasteiger partial charge < -0.3 is 10.2 Å². The third-order valence-corrected chi connectivity index (χ3v) is 5.00. The fraction of sp³-hybridized carbons (Fsp3) is 0.250. The van der Waals surface area contributed by atoms with E-state index in [2.05, 4.69) is 15.2 Å². The smallest absolute Gasteiger partial charge is 0.270 e. The molecule has 0 saturated carbocycles. The molecular formula is C20H19ClN4O2. The monoisotopic (exact) mass is 382 g/mol. The molecule has 1 aliphatic rings. The van der Waals surface area contributed by atoms with Gasteiger partial charge in [-0.3, -0.25) is 14.0 Å². The van der Waals surface area contributed by atoms with Crippen molar-refractivity contribution in [1.29, 1.82) is 0 Å². The molecule has 1 N–H and O–H groups in total. The Morgan fingerprint density at radius 3 is 2.74 bits per heavy atom. The topological polar surface area (TPSA) is 66.7 Å². The van der Waals surface area contributed by atoms with E-state index in [0.29, 0.717) is 16.4 Å². The molecule has 0 aliphatic carbocycles. The lowest BCUT2D eigenvalue weighted by molar-refractivity contribution is 0.102. The lowest BCUT2D eigenvalue weighted by Gasteiger charge is -2.30. The number of halogens is 1. The molecule has 138 valence electrons. The quantitative estimate of drug-likeness (QED) is 0.751. The fourth-order valence-electron chi connectivity index (χ4n) is 3.39. The van der Waals surface area contributed by atoms with Gasteiger partial charge in [-0.1, -0.05) is 17.7 Å². The number of nitrogens with one attached hydrogen (secondary N) is 1. The first kappa shape index (κ1) is 17.5. The molecule has 2 aromatic heterocycles. The summed E-state index contributed by atoms with van der Waals surface area (Å²) in [6.07, 6.45) is 6.36. The predicted molar refractivity (Wildman–Crippen MR) is 107 cm³/mol. The standard InChI is InChI=1S/C20H19ClN4O2/c21-14-7-8-17(24-9-3-1-4-10-24)16(12-14)23-19(26)15-13-22-18-6-2-5-11-25(18)20(15)27/h2,5-8,11-13H,1,3-4,9-10H2,(H,23,26). The van der Waals surface area contributed by atoms with Crippen molar-refractivity contribution in [2.45, 2.75) is 19.3 Å². The highest BCUT2D eigenvalue weighted by Crippen LogP contribution is 2.31. The van der Waals surface area contributed by atoms with E-state index >= 15 is 0 Å². The van der Waals surface area contributed by atoms with Crippen LogP contribution in [0.3, 0.4) is 0 Å². The van der Waals surface area contributed by atoms with E-state index in [1.165, 1.54) is 17.0 Å². The first-order chi connectivity index (χ1) is 13.1. The van der Waals surface area contributed by atoms with Gasteiger partial charge in [0.2, 0.25) is 0 Å². The Bertz CT molecular complexity index is 1060. The molecule has 1 aromatic carbocycles. The molecule has 0 spiro atoms. The van der Waals surface area contributed by atoms with E-state index in [1.54, 1.807) is 30.5 Å². The minimum absolute atomic E-state index is 0.0109. The summed E-state index contributed by atoms with van der Waals surface area (Å²) in [5, 5.41) is 3.38. The second kappa shape index (κ2) is 7.40. The SMILES string of the molecule is O=C(Nc1cc(Cl)ccc1N1CCCCC1)c1cnc2ccccn2c1=O. The number of piperidine rings is 1. The number of aromatic nitrogens is 2. The number of pyridine rings is 1. The van der Waals surface area contributed by atoms with Crippen LogP contribution in [-0.4, -0.2) is 28.4 Å². The minimum atomic E-state index is -0.494. The van der Waals surface area contributed by atoms with Gasteiger partial charge in [-0.05, 0) is 49.6 Å². The average molecular weight is 383 g/mol. The van der Waals surface area contributed by atoms with Crippen molar-refractivity contribution in [1.82, 2.24) is 9.38 Å². The number of hydrogen-bond donors (Lipinski definition) is 1. The summed E-state index contributed by atoms with van der Waals surface area (Å²) in [5.74, 6) is -0.494. The molecule has 0 unspecified atom stereocenters. The molecule has 0 atom stereocenters. The molecule has 7 heteroatoms. The Kier molecular flexibility index (Phi) is 4.81. The lowest BCUT2D eigenvalue weighted by atomic mass is 10.1. The molecule has 1 saturated heterocycles. The Morgan fingerprint density at radius 1 is 1.11 bits per heavy atom. The third-order valence-electron chi connectivity index (χ3n) is 4.76. The zero-order chi connectivity index (χ0) is 18.8. The number of carbonyl (C=O) groups is 1. The first-order valence-electron chi connectivity index (χ1n) is 8.96. The lowest BCUT2D eigenvalue weighted by Crippen LogP contribution is -2.31. The maximum atomic E-state index is 12.8. The van der Waals surface area contributed by atoms with Crippen LogP contribution in [-0.2, 0) is 0 Å². The highest BCUT2D eigenvalue weighted by molar-refractivity contribution is 6.31. The summed E-state index contributed by atoms with van der Waals surface area (Å²) in [7, 11) is 0. The van der Waals surface area contributed by atoms with Crippen molar-refractivity contribution < 1.29 is 4.79 Å². The highest BCUT2D eigenvalue weighted by atomic mass is 35.5. The number of nitrogens with zero attached hydrogens (tertiary/aromatic N) is 3. The van der Waals surface area contributed by atoms with Gasteiger partial charge in [0.15, 0.2) is 0 Å². The zero-order valence-corrected chi connectivity index (χ0v) is 15.4. The van der Waals surface area contributed by atoms with Crippen molar-refractivity contribution >= 4 is 34.5 Å². The zero-order valence-electron chi connectivity index (χ0n) is 14.7. The van der Waals surface area contributed by atoms with Crippen molar-refractivity contribution in [3.63, 3.8) is 0 Å². The van der Waals surface area contributed by atoms with E-state index in [-0.39, 0.29) is 5.56 Å². The molecule has 1 amide bonds. The van der Waals surface area contributed by atoms with Gasteiger partial charge in [-0.15, -0.1) is 0 Å². The molecule has 27 heavy (non-hydrogen) atoms. The third kappa shape index (κ3) is 3.53. The van der Waals surface area contributed by atoms with Gasteiger partial charge >= 0.3 is 0 Å². The van der Waals surface area contributed by atoms with Crippen molar-refractivity contribution in [3.05, 3.63) is 69.7 Å². The van der Waals surface area contributed by atoms with E-state index in [4.69, 9.17) is 11.6 Å². The van der Waals surface area contributed by atoms with Crippen molar-refractivity contribution in [2.24, 2.45) is 0 Å². The fourth-order valence-corrected chi connectivity index (χ4v) is 3.56. The van der Waals surface area contributed by atoms with Crippen LogP contribution in [0.2, 0.25) is 5.02 Å². The van der Waals surface area contributed by atoms with Gasteiger partial charge in [0.1, 0.15) is 11.2 Å². The van der Waals surface area contributed by atoms with Gasteiger partial charge in [-0.25, -0.2) is 4.98 Å². The Balaban J connectivity index is 1.68. The molecule has 1 aliphatic heterocycles. The molecule has 4 rings (SSSR count). The van der Waals surface area contributed by atoms with Crippen LogP contribution in [0.15, 0.2) is 53.6 Å². The largest absolute Gasteiger partial charge is 0.370 e. The van der Waals surface area contributed by atoms with Crippen molar-refractivity contribution in [2.75, 3.05) is 23.3 Å². The second-order valence-corrected chi connectivity index (χ2v) is 7.01. The number of amides is 1. The normalized spacial score (nSPS) is 14.3. The molecule has 0 bridgehead atoms. The number of carbonyl (C=O) groups excluding carboxylic acids is 1. The van der Waals surface area contributed by atoms with Gasteiger partial charge in [0, 0.05) is 30.5 Å². The minimum Gasteiger partial charge on any atom is -0.370 e. The first-order valence-corrected chi connectivity index (χ1v) is 9.33. The Morgan fingerprint density at radius 2 is 1.93 bits per heavy atom. The van der Waals surface area contributed by atoms with Crippen LogP contribution in [0.1, 0.15) is 29.6 Å². The van der Waals surface area contributed by atoms with Crippen LogP contribution in [0.5, 0.6) is 0 Å². The average Bonchev–Trinajstić information content (AvgIpc) is 2.69. The Hall–Kier alpha value is -2.86. The predicted octanol–water partition coefficient (Wildman–Crippen LogP) is 3.59. The summed E-state index contributed by atoms with van der Waals surface area (Å²) in [5.41, 5.74) is 1.60. The number of anilines is 2. The molecule has 3 heterocycles. The van der Waals surface area contributed by atoms with E-state index in [0.717, 1.165) is 31.6 Å².